The highest BCUT2D eigenvalue weighted by molar-refractivity contribution is 5.83. The first-order chi connectivity index (χ1) is 7.25. The van der Waals surface area contributed by atoms with Crippen LogP contribution >= 0.6 is 0 Å². The van der Waals surface area contributed by atoms with Gasteiger partial charge in [-0.15, -0.1) is 0 Å². The van der Waals surface area contributed by atoms with Gasteiger partial charge in [0.15, 0.2) is 5.78 Å². The van der Waals surface area contributed by atoms with E-state index in [2.05, 4.69) is 0 Å². The molecule has 0 bridgehead atoms. The Morgan fingerprint density at radius 1 is 1.33 bits per heavy atom. The Hall–Kier alpha value is -0.410. The number of carbonyl (C=O) groups is 1. The van der Waals surface area contributed by atoms with Gasteiger partial charge in [0, 0.05) is 13.0 Å². The minimum Gasteiger partial charge on any atom is -0.378 e. The molecule has 3 atom stereocenters. The van der Waals surface area contributed by atoms with E-state index >= 15 is 0 Å². The summed E-state index contributed by atoms with van der Waals surface area (Å²) in [6.45, 7) is 2.91. The molecule has 3 nitrogen and oxygen atoms in total. The van der Waals surface area contributed by atoms with E-state index < -0.39 is 0 Å². The second kappa shape index (κ2) is 5.08. The standard InChI is InChI=1S/C12H20O3/c1-9-4-7-12(15-9)11(13)6-5-10-3-2-8-14-10/h9-10,12H,2-8H2,1H3. The molecule has 2 saturated heterocycles. The zero-order chi connectivity index (χ0) is 10.7. The minimum atomic E-state index is -0.124. The number of hydrogen-bond acceptors (Lipinski definition) is 3. The Morgan fingerprint density at radius 3 is 2.80 bits per heavy atom. The lowest BCUT2D eigenvalue weighted by Gasteiger charge is -2.12. The molecule has 15 heavy (non-hydrogen) atoms. The monoisotopic (exact) mass is 212 g/mol. The van der Waals surface area contributed by atoms with Gasteiger partial charge in [0.25, 0.3) is 0 Å². The van der Waals surface area contributed by atoms with Crippen molar-refractivity contribution in [1.29, 1.82) is 0 Å². The highest BCUT2D eigenvalue weighted by atomic mass is 16.5. The van der Waals surface area contributed by atoms with Gasteiger partial charge in [-0.3, -0.25) is 4.79 Å². The van der Waals surface area contributed by atoms with Gasteiger partial charge in [-0.05, 0) is 39.0 Å². The van der Waals surface area contributed by atoms with Crippen LogP contribution in [0.15, 0.2) is 0 Å². The van der Waals surface area contributed by atoms with Crippen molar-refractivity contribution in [2.45, 2.75) is 63.8 Å². The van der Waals surface area contributed by atoms with Gasteiger partial charge >= 0.3 is 0 Å². The predicted molar refractivity (Wildman–Crippen MR) is 56.8 cm³/mol. The van der Waals surface area contributed by atoms with Gasteiger partial charge in [0.05, 0.1) is 12.2 Å². The fraction of sp³-hybridized carbons (Fsp3) is 0.917. The molecule has 0 radical (unpaired) electrons. The number of ketones is 1. The molecule has 0 saturated carbocycles. The summed E-state index contributed by atoms with van der Waals surface area (Å²) in [5, 5.41) is 0. The third-order valence-corrected chi connectivity index (χ3v) is 3.33. The molecule has 3 heteroatoms. The number of Topliss-reactive ketones (excluding diaryl/α,β-unsaturated/α-hetero) is 1. The summed E-state index contributed by atoms with van der Waals surface area (Å²) < 4.78 is 11.0. The number of hydrogen-bond donors (Lipinski definition) is 0. The van der Waals surface area contributed by atoms with Crippen LogP contribution in [-0.2, 0) is 14.3 Å². The Balaban J connectivity index is 1.67. The SMILES string of the molecule is CC1CCC(C(=O)CCC2CCCO2)O1. The molecule has 2 aliphatic heterocycles. The van der Waals surface area contributed by atoms with Crippen molar-refractivity contribution in [1.82, 2.24) is 0 Å². The van der Waals surface area contributed by atoms with E-state index in [-0.39, 0.29) is 18.0 Å². The lowest BCUT2D eigenvalue weighted by molar-refractivity contribution is -0.130. The lowest BCUT2D eigenvalue weighted by Crippen LogP contribution is -2.22. The molecule has 3 unspecified atom stereocenters. The van der Waals surface area contributed by atoms with E-state index in [0.717, 1.165) is 38.7 Å². The zero-order valence-corrected chi connectivity index (χ0v) is 9.41. The average Bonchev–Trinajstić information content (AvgIpc) is 2.84. The van der Waals surface area contributed by atoms with Crippen LogP contribution in [0.1, 0.15) is 45.4 Å². The Bertz CT molecular complexity index is 221. The van der Waals surface area contributed by atoms with Crippen LogP contribution in [0.5, 0.6) is 0 Å². The molecule has 86 valence electrons. The summed E-state index contributed by atoms with van der Waals surface area (Å²) in [7, 11) is 0. The van der Waals surface area contributed by atoms with Crippen molar-refractivity contribution in [3.8, 4) is 0 Å². The first-order valence-corrected chi connectivity index (χ1v) is 6.05. The molecule has 0 aromatic rings. The van der Waals surface area contributed by atoms with E-state index in [1.807, 2.05) is 6.92 Å². The fourth-order valence-electron chi connectivity index (χ4n) is 2.38. The second-order valence-electron chi connectivity index (χ2n) is 4.65. The van der Waals surface area contributed by atoms with Crippen LogP contribution in [0.2, 0.25) is 0 Å². The molecule has 0 aromatic heterocycles. The van der Waals surface area contributed by atoms with Crippen molar-refractivity contribution < 1.29 is 14.3 Å². The quantitative estimate of drug-likeness (QED) is 0.715. The molecule has 0 N–H and O–H groups in total. The molecule has 2 heterocycles. The topological polar surface area (TPSA) is 35.5 Å². The normalized spacial score (nSPS) is 35.9. The molecule has 0 aromatic carbocycles. The van der Waals surface area contributed by atoms with Crippen LogP contribution in [0.3, 0.4) is 0 Å². The van der Waals surface area contributed by atoms with Gasteiger partial charge in [-0.1, -0.05) is 0 Å². The largest absolute Gasteiger partial charge is 0.378 e. The van der Waals surface area contributed by atoms with Crippen molar-refractivity contribution in [3.05, 3.63) is 0 Å². The van der Waals surface area contributed by atoms with Crippen molar-refractivity contribution in [3.63, 3.8) is 0 Å². The Morgan fingerprint density at radius 2 is 2.20 bits per heavy atom. The number of carbonyl (C=O) groups excluding carboxylic acids is 1. The third kappa shape index (κ3) is 3.02. The smallest absolute Gasteiger partial charge is 0.161 e. The average molecular weight is 212 g/mol. The summed E-state index contributed by atoms with van der Waals surface area (Å²) >= 11 is 0. The van der Waals surface area contributed by atoms with E-state index in [1.54, 1.807) is 0 Å². The van der Waals surface area contributed by atoms with Crippen LogP contribution in [0.25, 0.3) is 0 Å². The van der Waals surface area contributed by atoms with E-state index in [9.17, 15) is 4.79 Å². The first-order valence-electron chi connectivity index (χ1n) is 6.05. The molecule has 2 fully saturated rings. The maximum absolute atomic E-state index is 11.8. The molecular formula is C12H20O3. The van der Waals surface area contributed by atoms with E-state index in [1.165, 1.54) is 0 Å². The summed E-state index contributed by atoms with van der Waals surface area (Å²) in [4.78, 5) is 11.8. The highest BCUT2D eigenvalue weighted by Gasteiger charge is 2.28. The number of ether oxygens (including phenoxy) is 2. The lowest BCUT2D eigenvalue weighted by atomic mass is 10.0. The van der Waals surface area contributed by atoms with Gasteiger partial charge in [-0.2, -0.15) is 0 Å². The fourth-order valence-corrected chi connectivity index (χ4v) is 2.38. The molecule has 0 aliphatic carbocycles. The van der Waals surface area contributed by atoms with Crippen molar-refractivity contribution >= 4 is 5.78 Å². The third-order valence-electron chi connectivity index (χ3n) is 3.33. The zero-order valence-electron chi connectivity index (χ0n) is 9.41. The predicted octanol–water partition coefficient (Wildman–Crippen LogP) is 2.08. The molecule has 0 spiro atoms. The summed E-state index contributed by atoms with van der Waals surface area (Å²) in [6.07, 6.45) is 6.18. The van der Waals surface area contributed by atoms with E-state index in [4.69, 9.17) is 9.47 Å². The first kappa shape index (κ1) is 11.1. The molecule has 2 rings (SSSR count). The van der Waals surface area contributed by atoms with Gasteiger partial charge in [0.1, 0.15) is 6.10 Å². The minimum absolute atomic E-state index is 0.124. The summed E-state index contributed by atoms with van der Waals surface area (Å²) in [6, 6.07) is 0. The van der Waals surface area contributed by atoms with Gasteiger partial charge in [-0.25, -0.2) is 0 Å². The summed E-state index contributed by atoms with van der Waals surface area (Å²) in [5.41, 5.74) is 0. The van der Waals surface area contributed by atoms with Crippen LogP contribution in [-0.4, -0.2) is 30.7 Å². The molecular weight excluding hydrogens is 192 g/mol. The second-order valence-corrected chi connectivity index (χ2v) is 4.65. The van der Waals surface area contributed by atoms with Crippen molar-refractivity contribution in [2.75, 3.05) is 6.61 Å². The van der Waals surface area contributed by atoms with Crippen molar-refractivity contribution in [2.24, 2.45) is 0 Å². The number of rotatable bonds is 4. The van der Waals surface area contributed by atoms with Crippen LogP contribution in [0, 0.1) is 0 Å². The van der Waals surface area contributed by atoms with Gasteiger partial charge in [0.2, 0.25) is 0 Å². The van der Waals surface area contributed by atoms with E-state index in [0.29, 0.717) is 12.5 Å². The van der Waals surface area contributed by atoms with Crippen LogP contribution < -0.4 is 0 Å². The maximum Gasteiger partial charge on any atom is 0.161 e. The molecule has 2 aliphatic rings. The molecule has 0 amide bonds. The van der Waals surface area contributed by atoms with Gasteiger partial charge < -0.3 is 9.47 Å². The summed E-state index contributed by atoms with van der Waals surface area (Å²) in [5.74, 6) is 0.273. The Labute approximate surface area is 91.1 Å². The maximum atomic E-state index is 11.8. The highest BCUT2D eigenvalue weighted by Crippen LogP contribution is 2.23. The Kier molecular flexibility index (Phi) is 3.76. The van der Waals surface area contributed by atoms with Crippen LogP contribution in [0.4, 0.5) is 0 Å².